The fourth-order valence-electron chi connectivity index (χ4n) is 3.62. The number of piperazine rings is 1. The van der Waals surface area contributed by atoms with E-state index in [1.807, 2.05) is 65.6 Å². The van der Waals surface area contributed by atoms with Gasteiger partial charge in [-0.3, -0.25) is 4.79 Å². The first kappa shape index (κ1) is 20.2. The Balaban J connectivity index is 1.36. The Morgan fingerprint density at radius 3 is 2.40 bits per heavy atom. The highest BCUT2D eigenvalue weighted by Crippen LogP contribution is 2.26. The van der Waals surface area contributed by atoms with Gasteiger partial charge in [0.15, 0.2) is 5.82 Å². The number of nitrogens with zero attached hydrogens (tertiary/aromatic N) is 4. The van der Waals surface area contributed by atoms with Gasteiger partial charge in [0.2, 0.25) is 5.91 Å². The number of halogens is 1. The van der Waals surface area contributed by atoms with Gasteiger partial charge in [-0.1, -0.05) is 48.0 Å². The highest BCUT2D eigenvalue weighted by atomic mass is 35.5. The van der Waals surface area contributed by atoms with Gasteiger partial charge >= 0.3 is 0 Å². The number of hydrogen-bond acceptors (Lipinski definition) is 5. The summed E-state index contributed by atoms with van der Waals surface area (Å²) in [4.78, 5) is 16.8. The molecule has 3 aromatic rings. The van der Waals surface area contributed by atoms with Crippen molar-refractivity contribution < 1.29 is 9.53 Å². The number of ether oxygens (including phenoxy) is 1. The maximum absolute atomic E-state index is 12.7. The number of benzene rings is 2. The van der Waals surface area contributed by atoms with Crippen LogP contribution in [0.3, 0.4) is 0 Å². The molecular weight excluding hydrogens is 400 g/mol. The molecule has 1 amide bonds. The molecule has 2 aromatic carbocycles. The Labute approximate surface area is 181 Å². The summed E-state index contributed by atoms with van der Waals surface area (Å²) in [5.41, 5.74) is 2.52. The van der Waals surface area contributed by atoms with Crippen LogP contribution in [0.1, 0.15) is 5.56 Å². The molecule has 0 saturated carbocycles. The Hall–Kier alpha value is -3.12. The number of carbonyl (C=O) groups excluding carboxylic acids is 1. The lowest BCUT2D eigenvalue weighted by Crippen LogP contribution is -2.49. The number of anilines is 1. The van der Waals surface area contributed by atoms with Crippen LogP contribution < -0.4 is 9.64 Å². The molecule has 0 unspecified atom stereocenters. The Kier molecular flexibility index (Phi) is 6.14. The van der Waals surface area contributed by atoms with Crippen LogP contribution in [0.2, 0.25) is 5.02 Å². The van der Waals surface area contributed by atoms with Crippen molar-refractivity contribution in [1.82, 2.24) is 15.1 Å². The molecule has 0 N–H and O–H groups in total. The molecule has 1 aliphatic rings. The molecule has 154 valence electrons. The predicted octanol–water partition coefficient (Wildman–Crippen LogP) is 3.70. The molecule has 2 heterocycles. The van der Waals surface area contributed by atoms with Gasteiger partial charge in [-0.2, -0.15) is 0 Å². The highest BCUT2D eigenvalue weighted by molar-refractivity contribution is 6.33. The summed E-state index contributed by atoms with van der Waals surface area (Å²) in [6.45, 7) is 2.75. The quantitative estimate of drug-likeness (QED) is 0.627. The molecular formula is C23H23ClN4O2. The maximum atomic E-state index is 12.7. The van der Waals surface area contributed by atoms with Crippen LogP contribution in [0.15, 0.2) is 60.7 Å². The number of carbonyl (C=O) groups is 1. The Morgan fingerprint density at radius 1 is 0.967 bits per heavy atom. The first-order valence-corrected chi connectivity index (χ1v) is 10.3. The van der Waals surface area contributed by atoms with Crippen molar-refractivity contribution in [3.05, 3.63) is 71.2 Å². The molecule has 1 saturated heterocycles. The maximum Gasteiger partial charge on any atom is 0.227 e. The third-order valence-corrected chi connectivity index (χ3v) is 5.62. The van der Waals surface area contributed by atoms with Crippen LogP contribution in [0.4, 0.5) is 5.82 Å². The lowest BCUT2D eigenvalue weighted by Gasteiger charge is -2.35. The zero-order chi connectivity index (χ0) is 20.9. The summed E-state index contributed by atoms with van der Waals surface area (Å²) in [7, 11) is 1.63. The number of rotatable bonds is 5. The minimum absolute atomic E-state index is 0.110. The van der Waals surface area contributed by atoms with E-state index in [1.165, 1.54) is 0 Å². The van der Waals surface area contributed by atoms with Crippen molar-refractivity contribution in [2.45, 2.75) is 6.42 Å². The summed E-state index contributed by atoms with van der Waals surface area (Å²) < 4.78 is 5.35. The van der Waals surface area contributed by atoms with E-state index in [-0.39, 0.29) is 5.91 Å². The van der Waals surface area contributed by atoms with Gasteiger partial charge in [0.1, 0.15) is 5.75 Å². The number of hydrogen-bond donors (Lipinski definition) is 0. The van der Waals surface area contributed by atoms with Crippen molar-refractivity contribution in [2.24, 2.45) is 0 Å². The Bertz CT molecular complexity index is 1020. The van der Waals surface area contributed by atoms with Gasteiger partial charge in [0.25, 0.3) is 0 Å². The number of para-hydroxylation sites is 1. The van der Waals surface area contributed by atoms with E-state index in [9.17, 15) is 4.79 Å². The average molecular weight is 423 g/mol. The smallest absolute Gasteiger partial charge is 0.227 e. The van der Waals surface area contributed by atoms with Crippen molar-refractivity contribution in [3.63, 3.8) is 0 Å². The summed E-state index contributed by atoms with van der Waals surface area (Å²) in [6.07, 6.45) is 0.344. The lowest BCUT2D eigenvalue weighted by molar-refractivity contribution is -0.130. The van der Waals surface area contributed by atoms with E-state index in [0.717, 1.165) is 41.5 Å². The molecule has 6 nitrogen and oxygen atoms in total. The van der Waals surface area contributed by atoms with Crippen molar-refractivity contribution in [1.29, 1.82) is 0 Å². The average Bonchev–Trinajstić information content (AvgIpc) is 2.80. The minimum atomic E-state index is 0.110. The van der Waals surface area contributed by atoms with E-state index in [0.29, 0.717) is 24.5 Å². The third kappa shape index (κ3) is 4.39. The topological polar surface area (TPSA) is 58.6 Å². The zero-order valence-electron chi connectivity index (χ0n) is 16.8. The summed E-state index contributed by atoms with van der Waals surface area (Å²) in [5, 5.41) is 9.38. The number of methoxy groups -OCH3 is 1. The van der Waals surface area contributed by atoms with Crippen LogP contribution in [0.25, 0.3) is 11.3 Å². The van der Waals surface area contributed by atoms with Crippen LogP contribution >= 0.6 is 11.6 Å². The van der Waals surface area contributed by atoms with Crippen molar-refractivity contribution in [2.75, 3.05) is 38.2 Å². The second-order valence-electron chi connectivity index (χ2n) is 7.11. The van der Waals surface area contributed by atoms with Crippen LogP contribution in [0, 0.1) is 0 Å². The number of aromatic nitrogens is 2. The molecule has 0 aliphatic carbocycles. The number of amides is 1. The molecule has 0 radical (unpaired) electrons. The second kappa shape index (κ2) is 9.13. The van der Waals surface area contributed by atoms with E-state index < -0.39 is 0 Å². The van der Waals surface area contributed by atoms with Crippen LogP contribution in [-0.4, -0.2) is 54.3 Å². The van der Waals surface area contributed by atoms with Gasteiger partial charge in [-0.05, 0) is 24.3 Å². The first-order chi connectivity index (χ1) is 14.7. The van der Waals surface area contributed by atoms with E-state index in [4.69, 9.17) is 16.3 Å². The molecule has 7 heteroatoms. The Morgan fingerprint density at radius 2 is 1.70 bits per heavy atom. The first-order valence-electron chi connectivity index (χ1n) is 9.89. The van der Waals surface area contributed by atoms with Gasteiger partial charge in [-0.15, -0.1) is 10.2 Å². The summed E-state index contributed by atoms with van der Waals surface area (Å²) in [5.74, 6) is 1.67. The lowest BCUT2D eigenvalue weighted by atomic mass is 10.1. The summed E-state index contributed by atoms with van der Waals surface area (Å²) >= 11 is 6.25. The van der Waals surface area contributed by atoms with Gasteiger partial charge < -0.3 is 14.5 Å². The van der Waals surface area contributed by atoms with E-state index in [1.54, 1.807) is 7.11 Å². The van der Waals surface area contributed by atoms with Crippen LogP contribution in [0.5, 0.6) is 5.75 Å². The fourth-order valence-corrected chi connectivity index (χ4v) is 3.85. The third-order valence-electron chi connectivity index (χ3n) is 5.29. The van der Waals surface area contributed by atoms with Crippen molar-refractivity contribution >= 4 is 23.3 Å². The largest absolute Gasteiger partial charge is 0.496 e. The summed E-state index contributed by atoms with van der Waals surface area (Å²) in [6, 6.07) is 19.1. The van der Waals surface area contributed by atoms with Gasteiger partial charge in [0.05, 0.1) is 24.2 Å². The molecule has 1 aromatic heterocycles. The normalized spacial score (nSPS) is 13.9. The fraction of sp³-hybridized carbons (Fsp3) is 0.261. The molecule has 1 fully saturated rings. The second-order valence-corrected chi connectivity index (χ2v) is 7.52. The molecule has 0 spiro atoms. The van der Waals surface area contributed by atoms with Gasteiger partial charge in [0, 0.05) is 37.3 Å². The predicted molar refractivity (Wildman–Crippen MR) is 118 cm³/mol. The van der Waals surface area contributed by atoms with Crippen molar-refractivity contribution in [3.8, 4) is 17.0 Å². The van der Waals surface area contributed by atoms with Gasteiger partial charge in [-0.25, -0.2) is 0 Å². The molecule has 0 atom stereocenters. The van der Waals surface area contributed by atoms with E-state index in [2.05, 4.69) is 15.1 Å². The highest BCUT2D eigenvalue weighted by Gasteiger charge is 2.23. The molecule has 1 aliphatic heterocycles. The van der Waals surface area contributed by atoms with Crippen LogP contribution in [-0.2, 0) is 11.2 Å². The standard InChI is InChI=1S/C23H23ClN4O2/c1-30-21-9-5-2-6-17(21)16-23(29)28-14-12-27(13-15-28)22-11-10-20(25-26-22)18-7-3-4-8-19(18)24/h2-11H,12-16H2,1H3. The molecule has 4 rings (SSSR count). The molecule has 30 heavy (non-hydrogen) atoms. The minimum Gasteiger partial charge on any atom is -0.496 e. The monoisotopic (exact) mass is 422 g/mol. The molecule has 0 bridgehead atoms. The van der Waals surface area contributed by atoms with E-state index >= 15 is 0 Å². The zero-order valence-corrected chi connectivity index (χ0v) is 17.5. The SMILES string of the molecule is COc1ccccc1CC(=O)N1CCN(c2ccc(-c3ccccc3Cl)nn2)CC1.